The molecule has 2 saturated heterocycles. The van der Waals surface area contributed by atoms with Gasteiger partial charge in [0.15, 0.2) is 0 Å². The Kier molecular flexibility index (Phi) is 11.5. The summed E-state index contributed by atoms with van der Waals surface area (Å²) in [6.07, 6.45) is 7.14. The summed E-state index contributed by atoms with van der Waals surface area (Å²) in [4.78, 5) is 33.5. The Bertz CT molecular complexity index is 1630. The van der Waals surface area contributed by atoms with Crippen LogP contribution in [0.2, 0.25) is 0 Å². The summed E-state index contributed by atoms with van der Waals surface area (Å²) in [6, 6.07) is 14.1. The van der Waals surface area contributed by atoms with Gasteiger partial charge in [0.25, 0.3) is 0 Å². The molecule has 0 atom stereocenters. The van der Waals surface area contributed by atoms with E-state index in [-0.39, 0.29) is 49.1 Å². The maximum Gasteiger partial charge on any atom is 0.343 e. The van der Waals surface area contributed by atoms with E-state index in [9.17, 15) is 18.4 Å². The topological polar surface area (TPSA) is 54.8 Å². The molecule has 2 aliphatic heterocycles. The zero-order chi connectivity index (χ0) is 29.2. The first-order valence-corrected chi connectivity index (χ1v) is 15.6. The molecule has 4 heterocycles. The van der Waals surface area contributed by atoms with Crippen molar-refractivity contribution < 1.29 is 18.3 Å². The molecule has 236 valence electrons. The minimum absolute atomic E-state index is 0. The minimum atomic E-state index is -0.741. The van der Waals surface area contributed by atoms with Gasteiger partial charge in [0.1, 0.15) is 22.0 Å². The van der Waals surface area contributed by atoms with E-state index in [4.69, 9.17) is 4.74 Å². The number of fused-ring (bicyclic) bond motifs is 1. The van der Waals surface area contributed by atoms with Gasteiger partial charge in [-0.3, -0.25) is 4.79 Å². The van der Waals surface area contributed by atoms with Crippen LogP contribution in [0.5, 0.6) is 0 Å². The molecule has 6 rings (SSSR count). The minimum Gasteiger partial charge on any atom is -0.462 e. The van der Waals surface area contributed by atoms with Crippen molar-refractivity contribution in [2.75, 3.05) is 37.7 Å². The normalized spacial score (nSPS) is 15.9. The van der Waals surface area contributed by atoms with Crippen molar-refractivity contribution in [3.63, 3.8) is 0 Å². The predicted molar refractivity (Wildman–Crippen MR) is 178 cm³/mol. The lowest BCUT2D eigenvalue weighted by Gasteiger charge is -2.41. The van der Waals surface area contributed by atoms with E-state index in [1.165, 1.54) is 55.0 Å². The molecular weight excluding hydrogens is 627 g/mol. The molecule has 44 heavy (non-hydrogen) atoms. The summed E-state index contributed by atoms with van der Waals surface area (Å²) in [7, 11) is 0. The second kappa shape index (κ2) is 14.9. The van der Waals surface area contributed by atoms with Crippen molar-refractivity contribution in [3.8, 4) is 10.4 Å². The highest BCUT2D eigenvalue weighted by Gasteiger charge is 2.31. The van der Waals surface area contributed by atoms with E-state index in [2.05, 4.69) is 9.80 Å². The Morgan fingerprint density at radius 2 is 1.59 bits per heavy atom. The number of hydrogen-bond donors (Lipinski definition) is 0. The number of rotatable bonds is 7. The van der Waals surface area contributed by atoms with Crippen LogP contribution in [0.3, 0.4) is 0 Å². The largest absolute Gasteiger partial charge is 0.462 e. The lowest BCUT2D eigenvalue weighted by molar-refractivity contribution is 0.0524. The summed E-state index contributed by atoms with van der Waals surface area (Å²) in [5, 5.41) is 0.401. The molecule has 4 aromatic rings. The van der Waals surface area contributed by atoms with Gasteiger partial charge in [-0.25, -0.2) is 13.6 Å². The van der Waals surface area contributed by atoms with Crippen LogP contribution in [0.1, 0.15) is 54.9 Å². The number of nitrogens with zero attached hydrogens (tertiary/aromatic N) is 3. The monoisotopic (exact) mass is 663 g/mol. The zero-order valence-corrected chi connectivity index (χ0v) is 27.0. The van der Waals surface area contributed by atoms with Crippen molar-refractivity contribution in [1.29, 1.82) is 0 Å². The van der Waals surface area contributed by atoms with Crippen LogP contribution < -0.4 is 10.3 Å². The van der Waals surface area contributed by atoms with Crippen molar-refractivity contribution in [2.45, 2.75) is 51.6 Å². The van der Waals surface area contributed by atoms with Gasteiger partial charge in [0, 0.05) is 30.9 Å². The number of thiophene rings is 1. The van der Waals surface area contributed by atoms with E-state index >= 15 is 0 Å². The van der Waals surface area contributed by atoms with Gasteiger partial charge in [-0.05, 0) is 63.4 Å². The molecule has 0 unspecified atom stereocenters. The number of aromatic nitrogens is 1. The number of esters is 1. The second-order valence-electron chi connectivity index (χ2n) is 11.1. The third-order valence-corrected chi connectivity index (χ3v) is 9.76. The number of likely N-dealkylation sites (tertiary alicyclic amines) is 1. The quantitative estimate of drug-likeness (QED) is 0.191. The first kappa shape index (κ1) is 33.9. The standard InChI is InChI=1S/C33H35F2N3O3S.2ClH/c1-2-41-33(40)25-21-38(20-24-26(34)12-9-13-27(24)35)32-28(30(25)39)29(31(42-32)22-10-5-3-6-11-22)37-18-14-23(15-19-37)36-16-7-4-8-17-36;;/h3,5-6,9-13,21,23H,2,4,7-8,14-20H2,1H3;2*1H. The Balaban J connectivity index is 0.00000221. The molecule has 0 N–H and O–H groups in total. The SMILES string of the molecule is CCOC(=O)c1cn(Cc2c(F)cccc2F)c2sc(-c3ccccc3)c(N3CCC(N4CCCCC4)CC3)c2c1=O.Cl.Cl. The number of anilines is 1. The summed E-state index contributed by atoms with van der Waals surface area (Å²) in [6.45, 7) is 5.44. The van der Waals surface area contributed by atoms with Gasteiger partial charge in [-0.2, -0.15) is 0 Å². The smallest absolute Gasteiger partial charge is 0.343 e. The number of benzene rings is 2. The molecule has 0 spiro atoms. The number of piperidine rings is 2. The summed E-state index contributed by atoms with van der Waals surface area (Å²) < 4.78 is 36.5. The van der Waals surface area contributed by atoms with Crippen LogP contribution in [0.4, 0.5) is 14.5 Å². The van der Waals surface area contributed by atoms with Crippen molar-refractivity contribution >= 4 is 58.0 Å². The van der Waals surface area contributed by atoms with Crippen LogP contribution in [0, 0.1) is 11.6 Å². The van der Waals surface area contributed by atoms with E-state index in [0.717, 1.165) is 55.1 Å². The maximum absolute atomic E-state index is 14.8. The summed E-state index contributed by atoms with van der Waals surface area (Å²) in [5.74, 6) is -2.10. The molecule has 0 amide bonds. The fraction of sp³-hybridized carbons (Fsp3) is 0.394. The fourth-order valence-electron chi connectivity index (χ4n) is 6.38. The average molecular weight is 665 g/mol. The summed E-state index contributed by atoms with van der Waals surface area (Å²) >= 11 is 1.42. The molecule has 0 aliphatic carbocycles. The van der Waals surface area contributed by atoms with Crippen LogP contribution in [-0.2, 0) is 11.3 Å². The molecule has 2 aromatic carbocycles. The number of pyridine rings is 1. The Labute approximate surface area is 272 Å². The lowest BCUT2D eigenvalue weighted by atomic mass is 9.98. The molecular formula is C33H37Cl2F2N3O3S. The molecule has 11 heteroatoms. The highest BCUT2D eigenvalue weighted by molar-refractivity contribution is 7.22. The highest BCUT2D eigenvalue weighted by Crippen LogP contribution is 2.45. The number of carbonyl (C=O) groups excluding carboxylic acids is 1. The molecule has 6 nitrogen and oxygen atoms in total. The second-order valence-corrected chi connectivity index (χ2v) is 12.1. The van der Waals surface area contributed by atoms with E-state index in [1.54, 1.807) is 11.5 Å². The van der Waals surface area contributed by atoms with Gasteiger partial charge in [-0.15, -0.1) is 36.2 Å². The lowest BCUT2D eigenvalue weighted by Crippen LogP contribution is -2.47. The third-order valence-electron chi connectivity index (χ3n) is 8.49. The van der Waals surface area contributed by atoms with Gasteiger partial charge in [-0.1, -0.05) is 42.8 Å². The van der Waals surface area contributed by atoms with E-state index < -0.39 is 23.0 Å². The summed E-state index contributed by atoms with van der Waals surface area (Å²) in [5.41, 5.74) is 1.06. The molecule has 2 fully saturated rings. The average Bonchev–Trinajstić information content (AvgIpc) is 3.43. The van der Waals surface area contributed by atoms with Gasteiger partial charge >= 0.3 is 5.97 Å². The third kappa shape index (κ3) is 6.66. The zero-order valence-electron chi connectivity index (χ0n) is 24.6. The Morgan fingerprint density at radius 1 is 0.932 bits per heavy atom. The van der Waals surface area contributed by atoms with Gasteiger partial charge in [0.2, 0.25) is 5.43 Å². The molecule has 2 aromatic heterocycles. The molecule has 0 saturated carbocycles. The first-order valence-electron chi connectivity index (χ1n) is 14.8. The van der Waals surface area contributed by atoms with Crippen molar-refractivity contribution in [3.05, 3.63) is 87.7 Å². The molecule has 0 bridgehead atoms. The number of ether oxygens (including phenoxy) is 1. The van der Waals surface area contributed by atoms with Crippen LogP contribution in [0.15, 0.2) is 59.5 Å². The maximum atomic E-state index is 14.8. The number of hydrogen-bond acceptors (Lipinski definition) is 6. The number of carbonyl (C=O) groups is 1. The number of halogens is 4. The Morgan fingerprint density at radius 3 is 2.23 bits per heavy atom. The van der Waals surface area contributed by atoms with Crippen LogP contribution in [-0.4, -0.2) is 54.3 Å². The highest BCUT2D eigenvalue weighted by atomic mass is 35.5. The predicted octanol–water partition coefficient (Wildman–Crippen LogP) is 7.53. The van der Waals surface area contributed by atoms with E-state index in [1.807, 2.05) is 30.3 Å². The first-order chi connectivity index (χ1) is 20.5. The van der Waals surface area contributed by atoms with Gasteiger partial charge < -0.3 is 19.1 Å². The van der Waals surface area contributed by atoms with Crippen LogP contribution in [0.25, 0.3) is 20.7 Å². The van der Waals surface area contributed by atoms with Crippen molar-refractivity contribution in [2.24, 2.45) is 0 Å². The molecule has 0 radical (unpaired) electrons. The van der Waals surface area contributed by atoms with E-state index in [0.29, 0.717) is 16.3 Å². The van der Waals surface area contributed by atoms with Crippen molar-refractivity contribution in [1.82, 2.24) is 9.47 Å². The van der Waals surface area contributed by atoms with Gasteiger partial charge in [0.05, 0.1) is 29.1 Å². The van der Waals surface area contributed by atoms with Crippen LogP contribution >= 0.6 is 36.2 Å². The fourth-order valence-corrected chi connectivity index (χ4v) is 7.68. The Hall–Kier alpha value is -2.98. The molecule has 2 aliphatic rings.